The lowest BCUT2D eigenvalue weighted by molar-refractivity contribution is -0.939. The molecule has 1 aromatic heterocycles. The van der Waals surface area contributed by atoms with E-state index in [0.29, 0.717) is 40.2 Å². The summed E-state index contributed by atoms with van der Waals surface area (Å²) >= 11 is 0. The van der Waals surface area contributed by atoms with Gasteiger partial charge in [-0.3, -0.25) is 4.79 Å². The van der Waals surface area contributed by atoms with Crippen LogP contribution in [0, 0.1) is 5.92 Å². The summed E-state index contributed by atoms with van der Waals surface area (Å²) in [7, 11) is 0. The Morgan fingerprint density at radius 2 is 1.71 bits per heavy atom. The Kier molecular flexibility index (Phi) is 6.16. The Morgan fingerprint density at radius 1 is 1.08 bits per heavy atom. The lowest BCUT2D eigenvalue weighted by Gasteiger charge is -2.51. The average molecular weight is 515 g/mol. The van der Waals surface area contributed by atoms with Crippen LogP contribution in [0.1, 0.15) is 47.8 Å². The molecule has 0 radical (unpaired) electrons. The van der Waals surface area contributed by atoms with Gasteiger partial charge >= 0.3 is 5.97 Å². The number of nitrogens with one attached hydrogen (secondary N) is 1. The van der Waals surface area contributed by atoms with Crippen LogP contribution in [-0.2, 0) is 26.3 Å². The van der Waals surface area contributed by atoms with Crippen LogP contribution in [0.4, 0.5) is 5.82 Å². The molecule has 38 heavy (non-hydrogen) atoms. The third-order valence-electron chi connectivity index (χ3n) is 8.39. The Balaban J connectivity index is 1.23. The Bertz CT molecular complexity index is 1350. The molecule has 0 saturated carbocycles. The number of anilines is 1. The number of nitrogens with zero attached hydrogens (tertiary/aromatic N) is 2. The summed E-state index contributed by atoms with van der Waals surface area (Å²) in [5, 5.41) is 18.9. The number of quaternary nitrogens is 1. The maximum atomic E-state index is 13.9. The van der Waals surface area contributed by atoms with Crippen LogP contribution in [-0.4, -0.2) is 58.9 Å². The molecule has 8 nitrogen and oxygen atoms in total. The molecule has 4 aliphatic rings. The van der Waals surface area contributed by atoms with E-state index in [1.165, 1.54) is 0 Å². The van der Waals surface area contributed by atoms with Crippen molar-refractivity contribution in [3.63, 3.8) is 0 Å². The number of benzene rings is 2. The number of aromatic nitrogens is 1. The van der Waals surface area contributed by atoms with E-state index >= 15 is 0 Å². The highest BCUT2D eigenvalue weighted by Crippen LogP contribution is 2.41. The Hall–Kier alpha value is -3.75. The third-order valence-corrected chi connectivity index (χ3v) is 8.39. The molecule has 3 aliphatic heterocycles. The van der Waals surface area contributed by atoms with E-state index in [2.05, 4.69) is 10.5 Å². The summed E-state index contributed by atoms with van der Waals surface area (Å²) in [5.41, 5.74) is 0.631. The van der Waals surface area contributed by atoms with E-state index in [9.17, 15) is 14.7 Å². The minimum atomic E-state index is -1.94. The summed E-state index contributed by atoms with van der Waals surface area (Å²) in [6, 6.07) is 16.5. The molecule has 3 aromatic rings. The lowest BCUT2D eigenvalue weighted by atomic mass is 9.81. The molecular formula is C30H32N3O5+. The average Bonchev–Trinajstić information content (AvgIpc) is 3.34. The van der Waals surface area contributed by atoms with E-state index < -0.39 is 11.6 Å². The van der Waals surface area contributed by atoms with Gasteiger partial charge in [-0.15, -0.1) is 0 Å². The van der Waals surface area contributed by atoms with Crippen molar-refractivity contribution in [2.24, 2.45) is 5.92 Å². The predicted octanol–water partition coefficient (Wildman–Crippen LogP) is 3.75. The van der Waals surface area contributed by atoms with E-state index in [0.717, 1.165) is 37.1 Å². The first-order chi connectivity index (χ1) is 18.4. The monoisotopic (exact) mass is 514 g/mol. The molecule has 3 saturated heterocycles. The first-order valence-electron chi connectivity index (χ1n) is 13.3. The number of carbonyl (C=O) groups excluding carboxylic acids is 2. The van der Waals surface area contributed by atoms with Crippen molar-refractivity contribution in [3.8, 4) is 0 Å². The van der Waals surface area contributed by atoms with Gasteiger partial charge in [0.25, 0.3) is 5.91 Å². The van der Waals surface area contributed by atoms with Crippen LogP contribution in [0.15, 0.2) is 59.1 Å². The number of hydrogen-bond acceptors (Lipinski definition) is 6. The van der Waals surface area contributed by atoms with Gasteiger partial charge in [-0.05, 0) is 11.1 Å². The zero-order chi connectivity index (χ0) is 26.3. The van der Waals surface area contributed by atoms with Crippen molar-refractivity contribution in [3.05, 3.63) is 82.6 Å². The van der Waals surface area contributed by atoms with Crippen molar-refractivity contribution >= 4 is 29.8 Å². The van der Waals surface area contributed by atoms with Crippen LogP contribution < -0.4 is 5.32 Å². The quantitative estimate of drug-likeness (QED) is 0.384. The zero-order valence-electron chi connectivity index (χ0n) is 21.4. The number of aryl methyl sites for hydroxylation is 1. The van der Waals surface area contributed by atoms with E-state index in [1.54, 1.807) is 18.2 Å². The molecule has 8 heteroatoms. The van der Waals surface area contributed by atoms with Crippen molar-refractivity contribution < 1.29 is 28.4 Å². The minimum absolute atomic E-state index is 0.136. The van der Waals surface area contributed by atoms with Crippen LogP contribution in [0.25, 0.3) is 12.2 Å². The topological polar surface area (TPSA) is 102 Å². The van der Waals surface area contributed by atoms with Gasteiger partial charge in [-0.1, -0.05) is 72.8 Å². The lowest BCUT2D eigenvalue weighted by Crippen LogP contribution is -2.66. The smallest absolute Gasteiger partial charge is 0.348 e. The van der Waals surface area contributed by atoms with Crippen LogP contribution in [0.5, 0.6) is 0 Å². The van der Waals surface area contributed by atoms with E-state index in [4.69, 9.17) is 9.26 Å². The van der Waals surface area contributed by atoms with Gasteiger partial charge in [0.1, 0.15) is 12.3 Å². The summed E-state index contributed by atoms with van der Waals surface area (Å²) in [6.45, 7) is 4.48. The second kappa shape index (κ2) is 9.53. The zero-order valence-corrected chi connectivity index (χ0v) is 21.4. The molecule has 1 aliphatic carbocycles. The summed E-state index contributed by atoms with van der Waals surface area (Å²) in [6.07, 6.45) is 5.89. The number of amides is 1. The fourth-order valence-electron chi connectivity index (χ4n) is 6.31. The largest absolute Gasteiger partial charge is 0.453 e. The predicted molar refractivity (Wildman–Crippen MR) is 142 cm³/mol. The fraction of sp³-hybridized carbons (Fsp3) is 0.367. The second-order valence-corrected chi connectivity index (χ2v) is 10.7. The first-order valence-corrected chi connectivity index (χ1v) is 13.3. The highest BCUT2D eigenvalue weighted by Gasteiger charge is 2.52. The molecule has 1 atom stereocenters. The van der Waals surface area contributed by atoms with Gasteiger partial charge in [0.2, 0.25) is 5.60 Å². The molecule has 2 aromatic carbocycles. The number of esters is 1. The van der Waals surface area contributed by atoms with Gasteiger partial charge in [0.05, 0.1) is 13.1 Å². The maximum Gasteiger partial charge on any atom is 0.348 e. The van der Waals surface area contributed by atoms with Crippen LogP contribution in [0.3, 0.4) is 0 Å². The summed E-state index contributed by atoms with van der Waals surface area (Å²) in [4.78, 5) is 26.9. The van der Waals surface area contributed by atoms with Crippen LogP contribution in [0.2, 0.25) is 0 Å². The minimum Gasteiger partial charge on any atom is -0.453 e. The molecule has 4 heterocycles. The number of rotatable bonds is 6. The van der Waals surface area contributed by atoms with Gasteiger partial charge in [-0.2, -0.15) is 0 Å². The van der Waals surface area contributed by atoms with Crippen LogP contribution >= 0.6 is 0 Å². The van der Waals surface area contributed by atoms with Gasteiger partial charge in [0.15, 0.2) is 18.5 Å². The Morgan fingerprint density at radius 3 is 2.32 bits per heavy atom. The van der Waals surface area contributed by atoms with Gasteiger partial charge < -0.3 is 24.2 Å². The molecule has 3 fully saturated rings. The first kappa shape index (κ1) is 24.6. The molecule has 2 bridgehead atoms. The molecule has 0 spiro atoms. The van der Waals surface area contributed by atoms with E-state index in [-0.39, 0.29) is 24.5 Å². The fourth-order valence-corrected chi connectivity index (χ4v) is 6.31. The molecule has 1 amide bonds. The second-order valence-electron chi connectivity index (χ2n) is 10.7. The van der Waals surface area contributed by atoms with Gasteiger partial charge in [0, 0.05) is 42.4 Å². The van der Waals surface area contributed by atoms with Crippen molar-refractivity contribution in [2.45, 2.75) is 37.9 Å². The van der Waals surface area contributed by atoms with Gasteiger partial charge in [-0.25, -0.2) is 4.79 Å². The van der Waals surface area contributed by atoms with Crippen molar-refractivity contribution in [2.75, 3.05) is 31.5 Å². The Labute approximate surface area is 221 Å². The number of ether oxygens (including phenoxy) is 1. The standard InChI is InChI=1S/C30H31N3O5/c1-2-23-17-27(32-38-23)31-28(34)19-33-15-13-22(14-16-33)26(18-33)37-29(35)30(36)24-9-5-3-7-20(24)11-12-21-8-4-6-10-25(21)30/h3-12,17,22,26,36H,2,13-16,18-19H2,1H3/p+1/t22?,26-,33?/m0/s1. The SMILES string of the molecule is CCc1cc(NC(=O)C[N+]23CCC(CC2)[C@@H](OC(=O)C2(O)c4ccccc4C=Cc4ccccc42)C3)no1. The molecular weight excluding hydrogens is 482 g/mol. The molecule has 7 rings (SSSR count). The highest BCUT2D eigenvalue weighted by molar-refractivity contribution is 5.92. The number of piperidine rings is 3. The summed E-state index contributed by atoms with van der Waals surface area (Å²) < 4.78 is 11.9. The van der Waals surface area contributed by atoms with Crippen molar-refractivity contribution in [1.82, 2.24) is 5.16 Å². The number of hydrogen-bond donors (Lipinski definition) is 2. The third kappa shape index (κ3) is 4.23. The normalized spacial score (nSPS) is 24.7. The maximum absolute atomic E-state index is 13.9. The summed E-state index contributed by atoms with van der Waals surface area (Å²) in [5.74, 6) is 0.539. The number of aliphatic hydroxyl groups is 1. The number of fused-ring (bicyclic) bond motifs is 5. The molecule has 0 unspecified atom stereocenters. The molecule has 2 N–H and O–H groups in total. The number of carbonyl (C=O) groups is 2. The van der Waals surface area contributed by atoms with E-state index in [1.807, 2.05) is 55.5 Å². The van der Waals surface area contributed by atoms with Crippen molar-refractivity contribution in [1.29, 1.82) is 0 Å². The highest BCUT2D eigenvalue weighted by atomic mass is 16.6. The molecule has 196 valence electrons.